The Morgan fingerprint density at radius 1 is 1.38 bits per heavy atom. The minimum Gasteiger partial charge on any atom is -0.363 e. The maximum Gasteiger partial charge on any atom is 0.208 e. The van der Waals surface area contributed by atoms with Gasteiger partial charge in [-0.2, -0.15) is 0 Å². The number of hydrogen-bond acceptors (Lipinski definition) is 5. The highest BCUT2D eigenvalue weighted by Crippen LogP contribution is 2.24. The minimum absolute atomic E-state index is 0. The van der Waals surface area contributed by atoms with E-state index in [1.165, 1.54) is 5.00 Å². The fraction of sp³-hybridized carbons (Fsp3) is 0.643. The molecule has 0 unspecified atom stereocenters. The summed E-state index contributed by atoms with van der Waals surface area (Å²) in [5.74, 6) is 0.717. The van der Waals surface area contributed by atoms with Gasteiger partial charge in [0.2, 0.25) is 10.0 Å². The second-order valence-electron chi connectivity index (χ2n) is 5.52. The zero-order chi connectivity index (χ0) is 16.7. The van der Waals surface area contributed by atoms with E-state index in [4.69, 9.17) is 0 Å². The molecule has 10 heteroatoms. The third-order valence-electron chi connectivity index (χ3n) is 3.66. The normalized spacial score (nSPS) is 16.6. The Morgan fingerprint density at radius 3 is 2.62 bits per heavy atom. The van der Waals surface area contributed by atoms with E-state index in [0.717, 1.165) is 38.1 Å². The number of anilines is 1. The van der Waals surface area contributed by atoms with Crippen molar-refractivity contribution in [1.29, 1.82) is 0 Å². The Kier molecular flexibility index (Phi) is 9.31. The number of hydrogen-bond donors (Lipinski definition) is 3. The van der Waals surface area contributed by atoms with Gasteiger partial charge >= 0.3 is 0 Å². The SMILES string of the molecule is CN=C(NCCNS(C)(=O)=O)NC1CCN(c2cccs2)CC1.I. The molecule has 1 saturated heterocycles. The Bertz CT molecular complexity index is 599. The third-order valence-corrected chi connectivity index (χ3v) is 5.32. The van der Waals surface area contributed by atoms with Crippen LogP contribution in [0.2, 0.25) is 0 Å². The van der Waals surface area contributed by atoms with Crippen LogP contribution in [0.25, 0.3) is 0 Å². The predicted octanol–water partition coefficient (Wildman–Crippen LogP) is 1.05. The number of nitrogens with one attached hydrogen (secondary N) is 3. The Balaban J connectivity index is 0.00000288. The molecule has 0 spiro atoms. The largest absolute Gasteiger partial charge is 0.363 e. The van der Waals surface area contributed by atoms with E-state index >= 15 is 0 Å². The molecule has 7 nitrogen and oxygen atoms in total. The first-order chi connectivity index (χ1) is 11.0. The van der Waals surface area contributed by atoms with Gasteiger partial charge in [0.25, 0.3) is 0 Å². The minimum atomic E-state index is -3.14. The number of guanidine groups is 1. The lowest BCUT2D eigenvalue weighted by atomic mass is 10.1. The molecule has 138 valence electrons. The Hall–Kier alpha value is -0.590. The van der Waals surface area contributed by atoms with E-state index in [2.05, 4.69) is 42.8 Å². The van der Waals surface area contributed by atoms with Crippen molar-refractivity contribution in [1.82, 2.24) is 15.4 Å². The van der Waals surface area contributed by atoms with Crippen LogP contribution in [0.4, 0.5) is 5.00 Å². The van der Waals surface area contributed by atoms with E-state index < -0.39 is 10.0 Å². The van der Waals surface area contributed by atoms with Crippen molar-refractivity contribution in [3.8, 4) is 0 Å². The number of sulfonamides is 1. The van der Waals surface area contributed by atoms with Gasteiger partial charge in [0.15, 0.2) is 5.96 Å². The third kappa shape index (κ3) is 7.53. The first-order valence-electron chi connectivity index (χ1n) is 7.68. The number of rotatable bonds is 6. The molecule has 24 heavy (non-hydrogen) atoms. The number of halogens is 1. The molecule has 0 atom stereocenters. The summed E-state index contributed by atoms with van der Waals surface area (Å²) < 4.78 is 24.5. The average molecular weight is 487 g/mol. The van der Waals surface area contributed by atoms with Crippen molar-refractivity contribution in [3.05, 3.63) is 17.5 Å². The maximum absolute atomic E-state index is 11.0. The zero-order valence-corrected chi connectivity index (χ0v) is 18.0. The van der Waals surface area contributed by atoms with Gasteiger partial charge in [0.1, 0.15) is 0 Å². The van der Waals surface area contributed by atoms with Crippen LogP contribution in [-0.4, -0.2) is 59.9 Å². The maximum atomic E-state index is 11.0. The molecule has 0 aromatic carbocycles. The van der Waals surface area contributed by atoms with Crippen LogP contribution < -0.4 is 20.3 Å². The van der Waals surface area contributed by atoms with Gasteiger partial charge in [-0.1, -0.05) is 0 Å². The molecular formula is C14H26IN5O2S2. The topological polar surface area (TPSA) is 85.8 Å². The fourth-order valence-corrected chi connectivity index (χ4v) is 3.76. The highest BCUT2D eigenvalue weighted by atomic mass is 127. The summed E-state index contributed by atoms with van der Waals surface area (Å²) in [5, 5.41) is 9.97. The van der Waals surface area contributed by atoms with E-state index in [9.17, 15) is 8.42 Å². The monoisotopic (exact) mass is 487 g/mol. The Morgan fingerprint density at radius 2 is 2.08 bits per heavy atom. The van der Waals surface area contributed by atoms with E-state index in [1.54, 1.807) is 18.4 Å². The van der Waals surface area contributed by atoms with E-state index in [1.807, 2.05) is 0 Å². The lowest BCUT2D eigenvalue weighted by Gasteiger charge is -2.33. The molecule has 2 rings (SSSR count). The molecule has 1 fully saturated rings. The predicted molar refractivity (Wildman–Crippen MR) is 112 cm³/mol. The molecule has 0 bridgehead atoms. The number of nitrogens with zero attached hydrogens (tertiary/aromatic N) is 2. The summed E-state index contributed by atoms with van der Waals surface area (Å²) in [5.41, 5.74) is 0. The molecule has 1 aromatic heterocycles. The summed E-state index contributed by atoms with van der Waals surface area (Å²) >= 11 is 1.78. The van der Waals surface area contributed by atoms with Gasteiger partial charge in [-0.3, -0.25) is 4.99 Å². The van der Waals surface area contributed by atoms with Crippen LogP contribution >= 0.6 is 35.3 Å². The molecule has 0 amide bonds. The van der Waals surface area contributed by atoms with Gasteiger partial charge in [-0.15, -0.1) is 35.3 Å². The van der Waals surface area contributed by atoms with Crippen LogP contribution in [0.3, 0.4) is 0 Å². The standard InChI is InChI=1S/C14H25N5O2S2.HI/c1-15-14(16-7-8-17-23(2,20)21)18-12-5-9-19(10-6-12)13-4-3-11-22-13;/h3-4,11-12,17H,5-10H2,1-2H3,(H2,15,16,18);1H. The highest BCUT2D eigenvalue weighted by molar-refractivity contribution is 14.0. The van der Waals surface area contributed by atoms with Gasteiger partial charge in [0, 0.05) is 39.3 Å². The van der Waals surface area contributed by atoms with Gasteiger partial charge in [0.05, 0.1) is 11.3 Å². The second-order valence-corrected chi connectivity index (χ2v) is 8.28. The van der Waals surface area contributed by atoms with Crippen LogP contribution in [0.5, 0.6) is 0 Å². The molecule has 2 heterocycles. The van der Waals surface area contributed by atoms with E-state index in [0.29, 0.717) is 19.1 Å². The molecule has 0 saturated carbocycles. The first-order valence-corrected chi connectivity index (χ1v) is 10.5. The van der Waals surface area contributed by atoms with Gasteiger partial charge < -0.3 is 15.5 Å². The molecule has 1 aliphatic rings. The molecular weight excluding hydrogens is 461 g/mol. The van der Waals surface area contributed by atoms with Crippen LogP contribution in [0, 0.1) is 0 Å². The van der Waals surface area contributed by atoms with Crippen LogP contribution in [0.1, 0.15) is 12.8 Å². The summed E-state index contributed by atoms with van der Waals surface area (Å²) in [6, 6.07) is 4.63. The van der Waals surface area contributed by atoms with Gasteiger partial charge in [-0.25, -0.2) is 13.1 Å². The zero-order valence-electron chi connectivity index (χ0n) is 14.0. The first kappa shape index (κ1) is 21.5. The number of thiophene rings is 1. The molecule has 3 N–H and O–H groups in total. The van der Waals surface area contributed by atoms with Crippen molar-refractivity contribution >= 4 is 56.3 Å². The van der Waals surface area contributed by atoms with Gasteiger partial charge in [-0.05, 0) is 30.4 Å². The van der Waals surface area contributed by atoms with Crippen molar-refractivity contribution in [2.24, 2.45) is 4.99 Å². The van der Waals surface area contributed by atoms with Crippen LogP contribution in [0.15, 0.2) is 22.5 Å². The van der Waals surface area contributed by atoms with Crippen molar-refractivity contribution in [2.45, 2.75) is 18.9 Å². The quantitative estimate of drug-likeness (QED) is 0.242. The summed E-state index contributed by atoms with van der Waals surface area (Å²) in [6.07, 6.45) is 3.27. The van der Waals surface area contributed by atoms with Crippen molar-refractivity contribution in [3.63, 3.8) is 0 Å². The lowest BCUT2D eigenvalue weighted by molar-refractivity contribution is 0.463. The smallest absolute Gasteiger partial charge is 0.208 e. The fourth-order valence-electron chi connectivity index (χ4n) is 2.50. The van der Waals surface area contributed by atoms with Crippen molar-refractivity contribution in [2.75, 3.05) is 44.4 Å². The van der Waals surface area contributed by atoms with Crippen molar-refractivity contribution < 1.29 is 8.42 Å². The lowest BCUT2D eigenvalue weighted by Crippen LogP contribution is -2.49. The molecule has 1 aliphatic heterocycles. The van der Waals surface area contributed by atoms with Crippen LogP contribution in [-0.2, 0) is 10.0 Å². The van der Waals surface area contributed by atoms with E-state index in [-0.39, 0.29) is 24.0 Å². The second kappa shape index (κ2) is 10.4. The summed E-state index contributed by atoms with van der Waals surface area (Å²) in [6.45, 7) is 2.91. The number of aliphatic imine (C=N–C) groups is 1. The molecule has 0 radical (unpaired) electrons. The molecule has 1 aromatic rings. The molecule has 0 aliphatic carbocycles. The number of piperidine rings is 1. The average Bonchev–Trinajstić information content (AvgIpc) is 3.04. The summed E-state index contributed by atoms with van der Waals surface area (Å²) in [4.78, 5) is 6.60. The Labute approximate surface area is 165 Å². The highest BCUT2D eigenvalue weighted by Gasteiger charge is 2.20. The summed E-state index contributed by atoms with van der Waals surface area (Å²) in [7, 11) is -1.42.